The van der Waals surface area contributed by atoms with Crippen molar-refractivity contribution in [3.8, 4) is 0 Å². The standard InChI is InChI=1S/C9H18N2/c1-3-5-6-9-10-7-8-11(9)4-2/h3-8H2,1-2H3. The average molecular weight is 154 g/mol. The van der Waals surface area contributed by atoms with E-state index < -0.39 is 0 Å². The van der Waals surface area contributed by atoms with Crippen molar-refractivity contribution in [3.05, 3.63) is 0 Å². The summed E-state index contributed by atoms with van der Waals surface area (Å²) in [5.74, 6) is 1.34. The summed E-state index contributed by atoms with van der Waals surface area (Å²) in [4.78, 5) is 6.85. The fourth-order valence-electron chi connectivity index (χ4n) is 1.44. The fourth-order valence-corrected chi connectivity index (χ4v) is 1.44. The first kappa shape index (κ1) is 8.57. The summed E-state index contributed by atoms with van der Waals surface area (Å²) in [5.41, 5.74) is 0. The quantitative estimate of drug-likeness (QED) is 0.604. The van der Waals surface area contributed by atoms with E-state index in [0.717, 1.165) is 19.6 Å². The zero-order valence-electron chi connectivity index (χ0n) is 7.64. The lowest BCUT2D eigenvalue weighted by atomic mass is 10.2. The van der Waals surface area contributed by atoms with Gasteiger partial charge >= 0.3 is 0 Å². The Labute approximate surface area is 69.3 Å². The highest BCUT2D eigenvalue weighted by Gasteiger charge is 2.12. The van der Waals surface area contributed by atoms with Gasteiger partial charge in [0, 0.05) is 19.5 Å². The molecular weight excluding hydrogens is 136 g/mol. The molecule has 0 aromatic heterocycles. The van der Waals surface area contributed by atoms with E-state index in [1.807, 2.05) is 0 Å². The van der Waals surface area contributed by atoms with Gasteiger partial charge in [0.2, 0.25) is 0 Å². The lowest BCUT2D eigenvalue weighted by Crippen LogP contribution is -2.27. The molecule has 0 aromatic carbocycles. The zero-order chi connectivity index (χ0) is 8.10. The van der Waals surface area contributed by atoms with Crippen LogP contribution in [-0.2, 0) is 0 Å². The Kier molecular flexibility index (Phi) is 3.40. The molecule has 0 bridgehead atoms. The molecule has 2 nitrogen and oxygen atoms in total. The van der Waals surface area contributed by atoms with E-state index in [9.17, 15) is 0 Å². The summed E-state index contributed by atoms with van der Waals surface area (Å²) in [7, 11) is 0. The number of amidine groups is 1. The Morgan fingerprint density at radius 3 is 2.91 bits per heavy atom. The molecule has 1 aliphatic rings. The van der Waals surface area contributed by atoms with Gasteiger partial charge in [-0.15, -0.1) is 0 Å². The zero-order valence-corrected chi connectivity index (χ0v) is 7.64. The minimum atomic E-state index is 1.02. The molecule has 0 N–H and O–H groups in total. The normalized spacial score (nSPS) is 17.3. The van der Waals surface area contributed by atoms with Gasteiger partial charge in [0.05, 0.1) is 12.4 Å². The van der Waals surface area contributed by atoms with Crippen LogP contribution in [0.25, 0.3) is 0 Å². The highest BCUT2D eigenvalue weighted by molar-refractivity contribution is 5.83. The highest BCUT2D eigenvalue weighted by Crippen LogP contribution is 2.07. The Balaban J connectivity index is 2.30. The first-order valence-corrected chi connectivity index (χ1v) is 4.66. The molecule has 0 saturated heterocycles. The minimum Gasteiger partial charge on any atom is -0.359 e. The Bertz CT molecular complexity index is 140. The number of unbranched alkanes of at least 4 members (excludes halogenated alkanes) is 1. The van der Waals surface area contributed by atoms with Crippen molar-refractivity contribution in [2.24, 2.45) is 4.99 Å². The summed E-state index contributed by atoms with van der Waals surface area (Å²) in [5, 5.41) is 0. The number of aliphatic imine (C=N–C) groups is 1. The third-order valence-corrected chi connectivity index (χ3v) is 2.16. The number of hydrogen-bond donors (Lipinski definition) is 0. The van der Waals surface area contributed by atoms with Gasteiger partial charge in [-0.05, 0) is 13.3 Å². The number of hydrogen-bond acceptors (Lipinski definition) is 2. The molecule has 0 fully saturated rings. The van der Waals surface area contributed by atoms with Gasteiger partial charge in [0.15, 0.2) is 0 Å². The molecule has 0 aromatic rings. The molecule has 1 aliphatic heterocycles. The van der Waals surface area contributed by atoms with Gasteiger partial charge in [-0.3, -0.25) is 4.99 Å². The lowest BCUT2D eigenvalue weighted by molar-refractivity contribution is 0.472. The summed E-state index contributed by atoms with van der Waals surface area (Å²) in [6.07, 6.45) is 3.75. The van der Waals surface area contributed by atoms with Crippen LogP contribution in [-0.4, -0.2) is 30.4 Å². The highest BCUT2D eigenvalue weighted by atomic mass is 15.2. The van der Waals surface area contributed by atoms with E-state index >= 15 is 0 Å². The molecule has 0 unspecified atom stereocenters. The molecule has 1 rings (SSSR count). The molecule has 0 saturated carbocycles. The predicted octanol–water partition coefficient (Wildman–Crippen LogP) is 1.91. The van der Waals surface area contributed by atoms with Crippen molar-refractivity contribution in [2.45, 2.75) is 33.1 Å². The van der Waals surface area contributed by atoms with Crippen LogP contribution in [0.3, 0.4) is 0 Å². The summed E-state index contributed by atoms with van der Waals surface area (Å²) >= 11 is 0. The Morgan fingerprint density at radius 1 is 1.45 bits per heavy atom. The van der Waals surface area contributed by atoms with Crippen LogP contribution in [0.15, 0.2) is 4.99 Å². The maximum Gasteiger partial charge on any atom is 0.0990 e. The van der Waals surface area contributed by atoms with Crippen molar-refractivity contribution in [1.29, 1.82) is 0 Å². The summed E-state index contributed by atoms with van der Waals surface area (Å²) in [6, 6.07) is 0. The van der Waals surface area contributed by atoms with Crippen molar-refractivity contribution in [1.82, 2.24) is 4.90 Å². The lowest BCUT2D eigenvalue weighted by Gasteiger charge is -2.17. The van der Waals surface area contributed by atoms with E-state index in [0.29, 0.717) is 0 Å². The smallest absolute Gasteiger partial charge is 0.0990 e. The molecule has 0 atom stereocenters. The maximum absolute atomic E-state index is 4.47. The van der Waals surface area contributed by atoms with Crippen LogP contribution in [0.5, 0.6) is 0 Å². The minimum absolute atomic E-state index is 1.02. The number of likely N-dealkylation sites (N-methyl/N-ethyl adjacent to an activating group) is 1. The van der Waals surface area contributed by atoms with E-state index in [1.54, 1.807) is 0 Å². The van der Waals surface area contributed by atoms with Gasteiger partial charge in [0.25, 0.3) is 0 Å². The molecule has 1 heterocycles. The number of rotatable bonds is 4. The first-order chi connectivity index (χ1) is 5.38. The van der Waals surface area contributed by atoms with E-state index in [-0.39, 0.29) is 0 Å². The van der Waals surface area contributed by atoms with Crippen LogP contribution in [0.4, 0.5) is 0 Å². The van der Waals surface area contributed by atoms with Crippen molar-refractivity contribution in [3.63, 3.8) is 0 Å². The van der Waals surface area contributed by atoms with Gasteiger partial charge < -0.3 is 4.90 Å². The second-order valence-electron chi connectivity index (χ2n) is 2.98. The third kappa shape index (κ3) is 2.21. The molecule has 0 amide bonds. The molecule has 2 heteroatoms. The Hall–Kier alpha value is -0.530. The average Bonchev–Trinajstić information content (AvgIpc) is 2.47. The third-order valence-electron chi connectivity index (χ3n) is 2.16. The summed E-state index contributed by atoms with van der Waals surface area (Å²) in [6.45, 7) is 7.73. The molecular formula is C9H18N2. The molecule has 0 spiro atoms. The van der Waals surface area contributed by atoms with Crippen LogP contribution < -0.4 is 0 Å². The van der Waals surface area contributed by atoms with Crippen LogP contribution >= 0.6 is 0 Å². The van der Waals surface area contributed by atoms with Crippen LogP contribution in [0, 0.1) is 0 Å². The molecule has 0 radical (unpaired) electrons. The molecule has 0 aliphatic carbocycles. The topological polar surface area (TPSA) is 15.6 Å². The second kappa shape index (κ2) is 4.37. The SMILES string of the molecule is CCCCC1=NCCN1CC. The maximum atomic E-state index is 4.47. The first-order valence-electron chi connectivity index (χ1n) is 4.66. The molecule has 11 heavy (non-hydrogen) atoms. The monoisotopic (exact) mass is 154 g/mol. The van der Waals surface area contributed by atoms with Gasteiger partial charge in [0.1, 0.15) is 0 Å². The fraction of sp³-hybridized carbons (Fsp3) is 0.889. The molecule has 64 valence electrons. The number of nitrogens with zero attached hydrogens (tertiary/aromatic N) is 2. The van der Waals surface area contributed by atoms with Crippen LogP contribution in [0.1, 0.15) is 33.1 Å². The van der Waals surface area contributed by atoms with Crippen molar-refractivity contribution >= 4 is 5.84 Å². The Morgan fingerprint density at radius 2 is 2.27 bits per heavy atom. The van der Waals surface area contributed by atoms with Crippen molar-refractivity contribution < 1.29 is 0 Å². The van der Waals surface area contributed by atoms with E-state index in [2.05, 4.69) is 23.7 Å². The van der Waals surface area contributed by atoms with Crippen molar-refractivity contribution in [2.75, 3.05) is 19.6 Å². The van der Waals surface area contributed by atoms with E-state index in [4.69, 9.17) is 0 Å². The van der Waals surface area contributed by atoms with Crippen LogP contribution in [0.2, 0.25) is 0 Å². The summed E-state index contributed by atoms with van der Waals surface area (Å²) < 4.78 is 0. The van der Waals surface area contributed by atoms with Gasteiger partial charge in [-0.25, -0.2) is 0 Å². The predicted molar refractivity (Wildman–Crippen MR) is 49.1 cm³/mol. The second-order valence-corrected chi connectivity index (χ2v) is 2.98. The van der Waals surface area contributed by atoms with Gasteiger partial charge in [-0.1, -0.05) is 13.3 Å². The van der Waals surface area contributed by atoms with Gasteiger partial charge in [-0.2, -0.15) is 0 Å². The largest absolute Gasteiger partial charge is 0.359 e. The van der Waals surface area contributed by atoms with E-state index in [1.165, 1.54) is 25.1 Å².